The van der Waals surface area contributed by atoms with Gasteiger partial charge in [0.05, 0.1) is 0 Å². The summed E-state index contributed by atoms with van der Waals surface area (Å²) in [5.74, 6) is 1.47. The van der Waals surface area contributed by atoms with E-state index < -0.39 is 0 Å². The van der Waals surface area contributed by atoms with Crippen LogP contribution in [0.1, 0.15) is 39.7 Å². The van der Waals surface area contributed by atoms with Gasteiger partial charge in [-0.3, -0.25) is 4.99 Å². The first-order valence-electron chi connectivity index (χ1n) is 8.51. The van der Waals surface area contributed by atoms with Crippen LogP contribution in [0.4, 0.5) is 10.5 Å². The molecule has 0 aliphatic carbocycles. The van der Waals surface area contributed by atoms with Gasteiger partial charge in [-0.05, 0) is 43.9 Å². The number of hydrogen-bond donors (Lipinski definition) is 4. The summed E-state index contributed by atoms with van der Waals surface area (Å²) in [6.07, 6.45) is 1.11. The van der Waals surface area contributed by atoms with Gasteiger partial charge < -0.3 is 21.3 Å². The minimum absolute atomic E-state index is 0.114. The number of nitrogens with one attached hydrogen (secondary N) is 4. The molecule has 0 atom stereocenters. The molecule has 1 rings (SSSR count). The van der Waals surface area contributed by atoms with Crippen LogP contribution in [-0.2, 0) is 6.54 Å². The topological polar surface area (TPSA) is 77.6 Å². The van der Waals surface area contributed by atoms with Gasteiger partial charge in [-0.1, -0.05) is 26.0 Å². The summed E-state index contributed by atoms with van der Waals surface area (Å²) in [4.78, 5) is 15.9. The number of guanidine groups is 1. The highest BCUT2D eigenvalue weighted by Crippen LogP contribution is 2.09. The second-order valence-electron chi connectivity index (χ2n) is 6.49. The number of carbonyl (C=O) groups is 1. The van der Waals surface area contributed by atoms with Gasteiger partial charge in [0.2, 0.25) is 0 Å². The smallest absolute Gasteiger partial charge is 0.319 e. The van der Waals surface area contributed by atoms with E-state index in [2.05, 4.69) is 40.1 Å². The van der Waals surface area contributed by atoms with Crippen LogP contribution in [0, 0.1) is 5.92 Å². The van der Waals surface area contributed by atoms with Crippen molar-refractivity contribution in [1.29, 1.82) is 0 Å². The molecular weight excluding hydrogens is 302 g/mol. The van der Waals surface area contributed by atoms with Crippen LogP contribution in [0.25, 0.3) is 0 Å². The van der Waals surface area contributed by atoms with Crippen LogP contribution in [0.3, 0.4) is 0 Å². The lowest BCUT2D eigenvalue weighted by Crippen LogP contribution is -2.37. The number of aliphatic imine (C=N–C) groups is 1. The van der Waals surface area contributed by atoms with Crippen molar-refractivity contribution in [2.75, 3.05) is 18.9 Å². The average Bonchev–Trinajstić information content (AvgIpc) is 2.51. The molecule has 24 heavy (non-hydrogen) atoms. The Hall–Kier alpha value is -2.24. The highest BCUT2D eigenvalue weighted by Gasteiger charge is 2.04. The fourth-order valence-electron chi connectivity index (χ4n) is 2.02. The zero-order chi connectivity index (χ0) is 17.9. The predicted octanol–water partition coefficient (Wildman–Crippen LogP) is 2.93. The van der Waals surface area contributed by atoms with Crippen LogP contribution in [0.5, 0.6) is 0 Å². The van der Waals surface area contributed by atoms with Gasteiger partial charge in [0.15, 0.2) is 5.96 Å². The van der Waals surface area contributed by atoms with E-state index in [-0.39, 0.29) is 12.1 Å². The molecule has 0 aliphatic heterocycles. The van der Waals surface area contributed by atoms with Gasteiger partial charge in [-0.15, -0.1) is 0 Å². The summed E-state index contributed by atoms with van der Waals surface area (Å²) in [7, 11) is 1.77. The molecule has 1 aromatic carbocycles. The molecule has 0 saturated heterocycles. The van der Waals surface area contributed by atoms with Crippen molar-refractivity contribution in [3.8, 4) is 0 Å². The molecule has 0 unspecified atom stereocenters. The minimum Gasteiger partial charge on any atom is -0.356 e. The van der Waals surface area contributed by atoms with E-state index >= 15 is 0 Å². The summed E-state index contributed by atoms with van der Waals surface area (Å²) in [6.45, 7) is 9.85. The summed E-state index contributed by atoms with van der Waals surface area (Å²) in [6, 6.07) is 7.69. The number of anilines is 1. The molecule has 0 heterocycles. The molecule has 0 bridgehead atoms. The Bertz CT molecular complexity index is 523. The molecule has 6 nitrogen and oxygen atoms in total. The Morgan fingerprint density at radius 1 is 1.08 bits per heavy atom. The number of hydrogen-bond acceptors (Lipinski definition) is 2. The Labute approximate surface area is 145 Å². The molecule has 6 heteroatoms. The molecule has 2 amide bonds. The quantitative estimate of drug-likeness (QED) is 0.458. The van der Waals surface area contributed by atoms with Gasteiger partial charge in [-0.25, -0.2) is 4.79 Å². The maximum atomic E-state index is 11.7. The van der Waals surface area contributed by atoms with Crippen LogP contribution in [0.2, 0.25) is 0 Å². The molecule has 0 spiro atoms. The molecule has 0 radical (unpaired) electrons. The number of nitrogens with zero attached hydrogens (tertiary/aromatic N) is 1. The highest BCUT2D eigenvalue weighted by molar-refractivity contribution is 5.89. The predicted molar refractivity (Wildman–Crippen MR) is 101 cm³/mol. The number of urea groups is 1. The molecule has 0 aliphatic rings. The molecule has 0 saturated carbocycles. The normalized spacial score (nSPS) is 11.5. The van der Waals surface area contributed by atoms with Crippen molar-refractivity contribution >= 4 is 17.7 Å². The molecule has 1 aromatic rings. The van der Waals surface area contributed by atoms with Crippen molar-refractivity contribution in [3.63, 3.8) is 0 Å². The fourth-order valence-corrected chi connectivity index (χ4v) is 2.02. The van der Waals surface area contributed by atoms with Crippen molar-refractivity contribution < 1.29 is 4.79 Å². The van der Waals surface area contributed by atoms with Crippen molar-refractivity contribution in [3.05, 3.63) is 29.8 Å². The van der Waals surface area contributed by atoms with Gasteiger partial charge in [-0.2, -0.15) is 0 Å². The standard InChI is InChI=1S/C18H31N5O/c1-13(2)10-11-20-17(19-5)21-12-15-6-8-16(9-7-15)23-18(24)22-14(3)4/h6-9,13-14H,10-12H2,1-5H3,(H2,19,20,21)(H2,22,23,24). The van der Waals surface area contributed by atoms with Crippen molar-refractivity contribution in [1.82, 2.24) is 16.0 Å². The first kappa shape index (κ1) is 19.8. The number of carbonyl (C=O) groups excluding carboxylic acids is 1. The number of amides is 2. The van der Waals surface area contributed by atoms with E-state index in [0.717, 1.165) is 30.2 Å². The summed E-state index contributed by atoms with van der Waals surface area (Å²) in [5.41, 5.74) is 1.90. The molecule has 134 valence electrons. The van der Waals surface area contributed by atoms with Gasteiger partial charge in [0, 0.05) is 31.9 Å². The van der Waals surface area contributed by atoms with E-state index in [4.69, 9.17) is 0 Å². The zero-order valence-electron chi connectivity index (χ0n) is 15.4. The summed E-state index contributed by atoms with van der Waals surface area (Å²) >= 11 is 0. The lowest BCUT2D eigenvalue weighted by atomic mass is 10.1. The number of benzene rings is 1. The average molecular weight is 333 g/mol. The van der Waals surface area contributed by atoms with Gasteiger partial charge >= 0.3 is 6.03 Å². The molecular formula is C18H31N5O. The monoisotopic (exact) mass is 333 g/mol. The zero-order valence-corrected chi connectivity index (χ0v) is 15.4. The van der Waals surface area contributed by atoms with Crippen LogP contribution in [-0.4, -0.2) is 31.6 Å². The lowest BCUT2D eigenvalue weighted by Gasteiger charge is -2.13. The lowest BCUT2D eigenvalue weighted by molar-refractivity contribution is 0.250. The Kier molecular flexibility index (Phi) is 8.68. The summed E-state index contributed by atoms with van der Waals surface area (Å²) in [5, 5.41) is 12.2. The minimum atomic E-state index is -0.189. The highest BCUT2D eigenvalue weighted by atomic mass is 16.2. The Morgan fingerprint density at radius 3 is 2.29 bits per heavy atom. The van der Waals surface area contributed by atoms with Crippen LogP contribution in [0.15, 0.2) is 29.3 Å². The van der Waals surface area contributed by atoms with E-state index in [1.807, 2.05) is 38.1 Å². The molecule has 0 fully saturated rings. The number of rotatable bonds is 7. The summed E-state index contributed by atoms with van der Waals surface area (Å²) < 4.78 is 0. The van der Waals surface area contributed by atoms with Crippen LogP contribution < -0.4 is 21.3 Å². The van der Waals surface area contributed by atoms with Gasteiger partial charge in [0.1, 0.15) is 0 Å². The first-order chi connectivity index (χ1) is 11.4. The second-order valence-corrected chi connectivity index (χ2v) is 6.49. The molecule has 0 aromatic heterocycles. The van der Waals surface area contributed by atoms with Crippen LogP contribution >= 0.6 is 0 Å². The van der Waals surface area contributed by atoms with E-state index in [0.29, 0.717) is 12.5 Å². The van der Waals surface area contributed by atoms with Crippen molar-refractivity contribution in [2.24, 2.45) is 10.9 Å². The van der Waals surface area contributed by atoms with E-state index in [1.54, 1.807) is 7.05 Å². The van der Waals surface area contributed by atoms with Gasteiger partial charge in [0.25, 0.3) is 0 Å². The first-order valence-corrected chi connectivity index (χ1v) is 8.51. The SMILES string of the molecule is CN=C(NCCC(C)C)NCc1ccc(NC(=O)NC(C)C)cc1. The largest absolute Gasteiger partial charge is 0.356 e. The van der Waals surface area contributed by atoms with Crippen molar-refractivity contribution in [2.45, 2.75) is 46.7 Å². The second kappa shape index (κ2) is 10.5. The third kappa shape index (κ3) is 8.41. The third-order valence-corrected chi connectivity index (χ3v) is 3.33. The maximum Gasteiger partial charge on any atom is 0.319 e. The maximum absolute atomic E-state index is 11.7. The third-order valence-electron chi connectivity index (χ3n) is 3.33. The fraction of sp³-hybridized carbons (Fsp3) is 0.556. The van der Waals surface area contributed by atoms with E-state index in [1.165, 1.54) is 0 Å². The Morgan fingerprint density at radius 2 is 1.75 bits per heavy atom. The molecule has 4 N–H and O–H groups in total. The Balaban J connectivity index is 2.42. The van der Waals surface area contributed by atoms with E-state index in [9.17, 15) is 4.79 Å².